The maximum absolute atomic E-state index is 9.67. The van der Waals surface area contributed by atoms with Gasteiger partial charge in [0.2, 0.25) is 0 Å². The maximum atomic E-state index is 9.67. The van der Waals surface area contributed by atoms with Crippen molar-refractivity contribution in [3.8, 4) is 5.75 Å². The summed E-state index contributed by atoms with van der Waals surface area (Å²) in [6.45, 7) is 0.461. The molecule has 1 aromatic rings. The van der Waals surface area contributed by atoms with E-state index in [2.05, 4.69) is 5.48 Å². The number of benzene rings is 1. The van der Waals surface area contributed by atoms with Crippen molar-refractivity contribution in [2.45, 2.75) is 32.2 Å². The number of hydrogen-bond acceptors (Lipinski definition) is 3. The highest BCUT2D eigenvalue weighted by Crippen LogP contribution is 2.31. The summed E-state index contributed by atoms with van der Waals surface area (Å²) < 4.78 is 0. The van der Waals surface area contributed by atoms with E-state index in [0.29, 0.717) is 12.3 Å². The van der Waals surface area contributed by atoms with Gasteiger partial charge in [-0.15, -0.1) is 0 Å². The van der Waals surface area contributed by atoms with Crippen LogP contribution in [0.15, 0.2) is 12.1 Å². The zero-order valence-electron chi connectivity index (χ0n) is 8.08. The lowest BCUT2D eigenvalue weighted by Crippen LogP contribution is -2.12. The van der Waals surface area contributed by atoms with Crippen molar-refractivity contribution in [3.63, 3.8) is 0 Å². The van der Waals surface area contributed by atoms with Gasteiger partial charge < -0.3 is 10.3 Å². The summed E-state index contributed by atoms with van der Waals surface area (Å²) >= 11 is 0. The zero-order valence-corrected chi connectivity index (χ0v) is 8.08. The zero-order chi connectivity index (χ0) is 9.97. The van der Waals surface area contributed by atoms with E-state index in [0.717, 1.165) is 30.4 Å². The number of fused-ring (bicyclic) bond motifs is 1. The third-order valence-corrected chi connectivity index (χ3v) is 2.88. The Kier molecular flexibility index (Phi) is 2.70. The highest BCUT2D eigenvalue weighted by atomic mass is 16.5. The van der Waals surface area contributed by atoms with Gasteiger partial charge in [-0.05, 0) is 48.4 Å². The number of phenols is 1. The Hall–Kier alpha value is -1.06. The lowest BCUT2D eigenvalue weighted by atomic mass is 9.87. The van der Waals surface area contributed by atoms with Gasteiger partial charge in [0, 0.05) is 6.54 Å². The second-order valence-corrected chi connectivity index (χ2v) is 3.74. The van der Waals surface area contributed by atoms with Crippen LogP contribution in [0.2, 0.25) is 0 Å². The summed E-state index contributed by atoms with van der Waals surface area (Å²) in [6.07, 6.45) is 4.30. The van der Waals surface area contributed by atoms with Crippen molar-refractivity contribution in [1.29, 1.82) is 0 Å². The van der Waals surface area contributed by atoms with Crippen molar-refractivity contribution >= 4 is 0 Å². The predicted octanol–water partition coefficient (Wildman–Crippen LogP) is 1.75. The molecule has 0 fully saturated rings. The Morgan fingerprint density at radius 1 is 1.14 bits per heavy atom. The van der Waals surface area contributed by atoms with E-state index in [1.807, 2.05) is 6.07 Å². The van der Waals surface area contributed by atoms with Gasteiger partial charge in [0.15, 0.2) is 0 Å². The molecule has 0 aromatic heterocycles. The van der Waals surface area contributed by atoms with E-state index < -0.39 is 0 Å². The minimum Gasteiger partial charge on any atom is -0.508 e. The van der Waals surface area contributed by atoms with Crippen LogP contribution in [0.1, 0.15) is 29.5 Å². The molecule has 0 radical (unpaired) electrons. The molecule has 1 aromatic carbocycles. The fraction of sp³-hybridized carbons (Fsp3) is 0.455. The minimum absolute atomic E-state index is 0.404. The van der Waals surface area contributed by atoms with Crippen LogP contribution in [0, 0.1) is 0 Å². The van der Waals surface area contributed by atoms with Gasteiger partial charge in [-0.1, -0.05) is 6.07 Å². The lowest BCUT2D eigenvalue weighted by molar-refractivity contribution is 0.161. The molecule has 1 aliphatic rings. The van der Waals surface area contributed by atoms with E-state index in [9.17, 15) is 5.11 Å². The Labute approximate surface area is 83.3 Å². The molecular weight excluding hydrogens is 178 g/mol. The van der Waals surface area contributed by atoms with Gasteiger partial charge in [0.1, 0.15) is 5.75 Å². The van der Waals surface area contributed by atoms with E-state index in [1.165, 1.54) is 12.0 Å². The molecule has 0 aliphatic heterocycles. The number of rotatable bonds is 2. The molecule has 0 unspecified atom stereocenters. The van der Waals surface area contributed by atoms with Crippen LogP contribution in [-0.4, -0.2) is 10.3 Å². The van der Waals surface area contributed by atoms with Crippen LogP contribution in [0.25, 0.3) is 0 Å². The van der Waals surface area contributed by atoms with Crippen LogP contribution < -0.4 is 5.48 Å². The molecule has 0 atom stereocenters. The molecule has 3 nitrogen and oxygen atoms in total. The molecule has 3 N–H and O–H groups in total. The molecule has 0 amide bonds. The number of hydrogen-bond donors (Lipinski definition) is 3. The Morgan fingerprint density at radius 3 is 2.57 bits per heavy atom. The Bertz CT molecular complexity index is 336. The first-order valence-electron chi connectivity index (χ1n) is 5.02. The molecule has 2 rings (SSSR count). The summed E-state index contributed by atoms with van der Waals surface area (Å²) in [5.74, 6) is 0.404. The van der Waals surface area contributed by atoms with Crippen LogP contribution in [0.3, 0.4) is 0 Å². The molecule has 14 heavy (non-hydrogen) atoms. The maximum Gasteiger partial charge on any atom is 0.119 e. The lowest BCUT2D eigenvalue weighted by Gasteiger charge is -2.20. The summed E-state index contributed by atoms with van der Waals surface area (Å²) in [5, 5.41) is 18.3. The number of hydroxylamine groups is 1. The summed E-state index contributed by atoms with van der Waals surface area (Å²) in [5.41, 5.74) is 5.56. The highest BCUT2D eigenvalue weighted by Gasteiger charge is 2.16. The minimum atomic E-state index is 0.404. The first-order valence-corrected chi connectivity index (χ1v) is 5.02. The third-order valence-electron chi connectivity index (χ3n) is 2.88. The van der Waals surface area contributed by atoms with E-state index in [-0.39, 0.29) is 0 Å². The number of aromatic hydroxyl groups is 1. The van der Waals surface area contributed by atoms with Crippen molar-refractivity contribution < 1.29 is 10.3 Å². The van der Waals surface area contributed by atoms with Gasteiger partial charge in [-0.3, -0.25) is 0 Å². The van der Waals surface area contributed by atoms with Gasteiger partial charge >= 0.3 is 0 Å². The Morgan fingerprint density at radius 2 is 1.86 bits per heavy atom. The smallest absolute Gasteiger partial charge is 0.119 e. The standard InChI is InChI=1S/C11H15NO2/c13-11-6-5-8(7-12-14)9-3-1-2-4-10(9)11/h5-6,12-14H,1-4,7H2. The topological polar surface area (TPSA) is 52.5 Å². The van der Waals surface area contributed by atoms with E-state index >= 15 is 0 Å². The first-order chi connectivity index (χ1) is 6.83. The van der Waals surface area contributed by atoms with Crippen molar-refractivity contribution in [1.82, 2.24) is 5.48 Å². The molecule has 76 valence electrons. The SMILES string of the molecule is ONCc1ccc(O)c2c1CCCC2. The van der Waals surface area contributed by atoms with Crippen LogP contribution in [0.5, 0.6) is 5.75 Å². The number of nitrogens with one attached hydrogen (secondary N) is 1. The molecular formula is C11H15NO2. The molecule has 0 saturated carbocycles. The largest absolute Gasteiger partial charge is 0.508 e. The molecule has 3 heteroatoms. The molecule has 0 heterocycles. The van der Waals surface area contributed by atoms with Crippen molar-refractivity contribution in [2.24, 2.45) is 0 Å². The fourth-order valence-electron chi connectivity index (χ4n) is 2.17. The van der Waals surface area contributed by atoms with Crippen molar-refractivity contribution in [2.75, 3.05) is 0 Å². The van der Waals surface area contributed by atoms with Crippen molar-refractivity contribution in [3.05, 3.63) is 28.8 Å². The average Bonchev–Trinajstić information content (AvgIpc) is 2.23. The second kappa shape index (κ2) is 3.98. The fourth-order valence-corrected chi connectivity index (χ4v) is 2.17. The predicted molar refractivity (Wildman–Crippen MR) is 53.4 cm³/mol. The molecule has 0 saturated heterocycles. The number of phenolic OH excluding ortho intramolecular Hbond substituents is 1. The quantitative estimate of drug-likeness (QED) is 0.627. The van der Waals surface area contributed by atoms with Crippen LogP contribution in [0.4, 0.5) is 0 Å². The van der Waals surface area contributed by atoms with Gasteiger partial charge in [0.25, 0.3) is 0 Å². The summed E-state index contributed by atoms with van der Waals surface area (Å²) in [6, 6.07) is 3.60. The average molecular weight is 193 g/mol. The van der Waals surface area contributed by atoms with Gasteiger partial charge in [0.05, 0.1) is 0 Å². The molecule has 1 aliphatic carbocycles. The molecule has 0 spiro atoms. The van der Waals surface area contributed by atoms with Gasteiger partial charge in [-0.25, -0.2) is 5.48 Å². The Balaban J connectivity index is 2.42. The molecule has 0 bridgehead atoms. The highest BCUT2D eigenvalue weighted by molar-refractivity contribution is 5.45. The van der Waals surface area contributed by atoms with Gasteiger partial charge in [-0.2, -0.15) is 0 Å². The summed E-state index contributed by atoms with van der Waals surface area (Å²) in [7, 11) is 0. The van der Waals surface area contributed by atoms with Crippen LogP contribution >= 0.6 is 0 Å². The van der Waals surface area contributed by atoms with E-state index in [1.54, 1.807) is 6.07 Å². The second-order valence-electron chi connectivity index (χ2n) is 3.74. The van der Waals surface area contributed by atoms with E-state index in [4.69, 9.17) is 5.21 Å². The monoisotopic (exact) mass is 193 g/mol. The third kappa shape index (κ3) is 1.61. The first kappa shape index (κ1) is 9.49. The summed E-state index contributed by atoms with van der Waals surface area (Å²) in [4.78, 5) is 0. The van der Waals surface area contributed by atoms with Crippen LogP contribution in [-0.2, 0) is 19.4 Å². The normalized spacial score (nSPS) is 15.2.